The van der Waals surface area contributed by atoms with Gasteiger partial charge in [0.15, 0.2) is 0 Å². The average Bonchev–Trinajstić information content (AvgIpc) is 3.18. The maximum Gasteiger partial charge on any atom is 0.248 e. The van der Waals surface area contributed by atoms with Gasteiger partial charge < -0.3 is 15.0 Å². The molecular weight excluding hydrogens is 394 g/mol. The largest absolute Gasteiger partial charge is 0.375 e. The average molecular weight is 430 g/mol. The molecule has 2 amide bonds. The minimum atomic E-state index is -3.36. The van der Waals surface area contributed by atoms with Crippen LogP contribution in [0, 0.1) is 22.7 Å². The van der Waals surface area contributed by atoms with Crippen LogP contribution in [0.3, 0.4) is 0 Å². The number of piperidine rings is 1. The summed E-state index contributed by atoms with van der Waals surface area (Å²) in [6, 6.07) is 0. The minimum Gasteiger partial charge on any atom is -0.375 e. The summed E-state index contributed by atoms with van der Waals surface area (Å²) in [6.45, 7) is 6.74. The molecule has 166 valence electrons. The van der Waals surface area contributed by atoms with Crippen molar-refractivity contribution < 1.29 is 22.7 Å². The van der Waals surface area contributed by atoms with Crippen LogP contribution in [0.1, 0.15) is 39.5 Å². The Hall–Kier alpha value is -1.19. The van der Waals surface area contributed by atoms with Gasteiger partial charge in [0.25, 0.3) is 0 Å². The van der Waals surface area contributed by atoms with E-state index < -0.39 is 15.4 Å². The van der Waals surface area contributed by atoms with Gasteiger partial charge in [0.2, 0.25) is 21.8 Å². The van der Waals surface area contributed by atoms with Gasteiger partial charge in [-0.25, -0.2) is 12.7 Å². The van der Waals surface area contributed by atoms with Crippen molar-refractivity contribution in [3.63, 3.8) is 0 Å². The van der Waals surface area contributed by atoms with E-state index in [1.807, 2.05) is 4.90 Å². The lowest BCUT2D eigenvalue weighted by atomic mass is 9.65. The fraction of sp³-hybridized carbons (Fsp3) is 0.900. The lowest BCUT2D eigenvalue weighted by Gasteiger charge is -2.44. The third kappa shape index (κ3) is 4.18. The Balaban J connectivity index is 1.82. The Labute approximate surface area is 174 Å². The fourth-order valence-electron chi connectivity index (χ4n) is 5.63. The number of hydrogen-bond donors (Lipinski definition) is 1. The number of ether oxygens (including phenoxy) is 1. The van der Waals surface area contributed by atoms with Gasteiger partial charge in [-0.1, -0.05) is 13.8 Å². The quantitative estimate of drug-likeness (QED) is 0.670. The Bertz CT molecular complexity index is 745. The first kappa shape index (κ1) is 22.5. The van der Waals surface area contributed by atoms with Gasteiger partial charge in [-0.15, -0.1) is 0 Å². The molecule has 1 spiro atoms. The van der Waals surface area contributed by atoms with Crippen LogP contribution in [-0.4, -0.2) is 82.1 Å². The van der Waals surface area contributed by atoms with Gasteiger partial charge in [0.1, 0.15) is 6.61 Å². The normalized spacial score (nSPS) is 29.4. The summed E-state index contributed by atoms with van der Waals surface area (Å²) < 4.78 is 31.1. The van der Waals surface area contributed by atoms with Crippen LogP contribution in [-0.2, 0) is 24.3 Å². The molecule has 2 heterocycles. The summed E-state index contributed by atoms with van der Waals surface area (Å²) in [6.07, 6.45) is 4.47. The van der Waals surface area contributed by atoms with Crippen molar-refractivity contribution in [1.29, 1.82) is 0 Å². The van der Waals surface area contributed by atoms with E-state index in [0.717, 1.165) is 19.3 Å². The first-order valence-corrected chi connectivity index (χ1v) is 12.4. The second-order valence-electron chi connectivity index (χ2n) is 9.54. The molecule has 0 bridgehead atoms. The van der Waals surface area contributed by atoms with Crippen molar-refractivity contribution in [3.05, 3.63) is 0 Å². The molecule has 0 aromatic carbocycles. The molecule has 2 atom stereocenters. The zero-order valence-corrected chi connectivity index (χ0v) is 18.9. The van der Waals surface area contributed by atoms with Crippen LogP contribution in [0.2, 0.25) is 0 Å². The standard InChI is InChI=1S/C20H35N3O5S/c1-15(2)11-21-18(25)20-6-5-19(16(20)12-23(14-20)29(4,26)27)7-9-22(10-8-19)17(24)13-28-3/h15-16H,5-14H2,1-4H3,(H,21,25)/t16-,20+/m0/s1. The number of rotatable bonds is 6. The predicted molar refractivity (Wildman–Crippen MR) is 110 cm³/mol. The zero-order chi connectivity index (χ0) is 21.4. The van der Waals surface area contributed by atoms with Crippen LogP contribution >= 0.6 is 0 Å². The van der Waals surface area contributed by atoms with E-state index in [-0.39, 0.29) is 36.3 Å². The first-order valence-electron chi connectivity index (χ1n) is 10.5. The number of amides is 2. The predicted octanol–water partition coefficient (Wildman–Crippen LogP) is 0.685. The van der Waals surface area contributed by atoms with Crippen molar-refractivity contribution in [2.75, 3.05) is 52.7 Å². The SMILES string of the molecule is COCC(=O)N1CCC2(CC1)CC[C@@]1(C(=O)NCC(C)C)CN(S(C)(=O)=O)C[C@@H]21. The maximum absolute atomic E-state index is 13.3. The molecule has 3 rings (SSSR count). The van der Waals surface area contributed by atoms with Crippen LogP contribution in [0.15, 0.2) is 0 Å². The van der Waals surface area contributed by atoms with Crippen molar-refractivity contribution in [2.45, 2.75) is 39.5 Å². The van der Waals surface area contributed by atoms with E-state index in [4.69, 9.17) is 4.74 Å². The van der Waals surface area contributed by atoms with E-state index in [2.05, 4.69) is 19.2 Å². The summed E-state index contributed by atoms with van der Waals surface area (Å²) in [5, 5.41) is 3.08. The molecule has 0 aromatic rings. The molecule has 0 radical (unpaired) electrons. The molecule has 1 aliphatic carbocycles. The Morgan fingerprint density at radius 2 is 1.83 bits per heavy atom. The topological polar surface area (TPSA) is 96.0 Å². The highest BCUT2D eigenvalue weighted by Crippen LogP contribution is 2.62. The second kappa shape index (κ2) is 8.15. The summed E-state index contributed by atoms with van der Waals surface area (Å²) in [7, 11) is -1.85. The Morgan fingerprint density at radius 1 is 1.17 bits per heavy atom. The van der Waals surface area contributed by atoms with E-state index >= 15 is 0 Å². The Morgan fingerprint density at radius 3 is 2.38 bits per heavy atom. The molecule has 0 aromatic heterocycles. The van der Waals surface area contributed by atoms with Gasteiger partial charge in [0.05, 0.1) is 11.7 Å². The second-order valence-corrected chi connectivity index (χ2v) is 11.5. The molecule has 1 saturated carbocycles. The van der Waals surface area contributed by atoms with Gasteiger partial charge in [-0.05, 0) is 42.9 Å². The van der Waals surface area contributed by atoms with Crippen LogP contribution in [0.4, 0.5) is 0 Å². The number of carbonyl (C=O) groups excluding carboxylic acids is 2. The molecule has 0 unspecified atom stereocenters. The number of nitrogens with zero attached hydrogens (tertiary/aromatic N) is 2. The van der Waals surface area contributed by atoms with Crippen LogP contribution in [0.5, 0.6) is 0 Å². The lowest BCUT2D eigenvalue weighted by Crippen LogP contribution is -2.50. The zero-order valence-electron chi connectivity index (χ0n) is 18.1. The summed E-state index contributed by atoms with van der Waals surface area (Å²) in [5.74, 6) is 0.325. The number of carbonyl (C=O) groups is 2. The highest BCUT2D eigenvalue weighted by molar-refractivity contribution is 7.88. The van der Waals surface area contributed by atoms with Gasteiger partial charge in [-0.3, -0.25) is 9.59 Å². The number of hydrogen-bond acceptors (Lipinski definition) is 5. The minimum absolute atomic E-state index is 0.00267. The van der Waals surface area contributed by atoms with Crippen molar-refractivity contribution in [2.24, 2.45) is 22.7 Å². The van der Waals surface area contributed by atoms with Crippen molar-refractivity contribution in [3.8, 4) is 0 Å². The molecule has 3 fully saturated rings. The van der Waals surface area contributed by atoms with Crippen LogP contribution in [0.25, 0.3) is 0 Å². The highest BCUT2D eigenvalue weighted by Gasteiger charge is 2.65. The van der Waals surface area contributed by atoms with Gasteiger partial charge in [-0.2, -0.15) is 0 Å². The smallest absolute Gasteiger partial charge is 0.248 e. The monoisotopic (exact) mass is 429 g/mol. The molecule has 3 aliphatic rings. The highest BCUT2D eigenvalue weighted by atomic mass is 32.2. The van der Waals surface area contributed by atoms with Gasteiger partial charge in [0, 0.05) is 39.8 Å². The first-order chi connectivity index (χ1) is 13.5. The van der Waals surface area contributed by atoms with E-state index in [1.165, 1.54) is 17.7 Å². The summed E-state index contributed by atoms with van der Waals surface area (Å²) >= 11 is 0. The van der Waals surface area contributed by atoms with E-state index in [1.54, 1.807) is 0 Å². The molecule has 29 heavy (non-hydrogen) atoms. The van der Waals surface area contributed by atoms with Crippen molar-refractivity contribution in [1.82, 2.24) is 14.5 Å². The number of nitrogens with one attached hydrogen (secondary N) is 1. The van der Waals surface area contributed by atoms with E-state index in [0.29, 0.717) is 38.5 Å². The van der Waals surface area contributed by atoms with E-state index in [9.17, 15) is 18.0 Å². The number of likely N-dealkylation sites (tertiary alicyclic amines) is 1. The van der Waals surface area contributed by atoms with Crippen molar-refractivity contribution >= 4 is 21.8 Å². The molecule has 1 N–H and O–H groups in total. The molecule has 2 aliphatic heterocycles. The molecule has 9 heteroatoms. The number of sulfonamides is 1. The summed E-state index contributed by atoms with van der Waals surface area (Å²) in [5.41, 5.74) is -0.741. The van der Waals surface area contributed by atoms with Gasteiger partial charge >= 0.3 is 0 Å². The molecule has 8 nitrogen and oxygen atoms in total. The molecular formula is C20H35N3O5S. The number of fused-ring (bicyclic) bond motifs is 2. The third-order valence-corrected chi connectivity index (χ3v) is 8.51. The lowest BCUT2D eigenvalue weighted by molar-refractivity contribution is -0.139. The molecule has 2 saturated heterocycles. The summed E-state index contributed by atoms with van der Waals surface area (Å²) in [4.78, 5) is 27.3. The Kier molecular flexibility index (Phi) is 6.32. The number of methoxy groups -OCH3 is 1. The third-order valence-electron chi connectivity index (χ3n) is 7.29. The van der Waals surface area contributed by atoms with Crippen LogP contribution < -0.4 is 5.32 Å². The fourth-order valence-corrected chi connectivity index (χ4v) is 6.52. The maximum atomic E-state index is 13.3.